The third-order valence-electron chi connectivity index (χ3n) is 2.71. The van der Waals surface area contributed by atoms with Crippen molar-refractivity contribution >= 4 is 22.7 Å². The Morgan fingerprint density at radius 1 is 1.17 bits per heavy atom. The molecule has 6 N–H and O–H groups in total. The monoisotopic (exact) mass is 263 g/mol. The molecule has 0 saturated carbocycles. The molecule has 0 aliphatic carbocycles. The second kappa shape index (κ2) is 5.86. The van der Waals surface area contributed by atoms with Crippen LogP contribution in [0.3, 0.4) is 0 Å². The molecule has 4 nitrogen and oxygen atoms in total. The number of aliphatic hydroxyl groups excluding tert-OH is 1. The molecule has 5 heteroatoms. The summed E-state index contributed by atoms with van der Waals surface area (Å²) >= 11 is 1.63. The van der Waals surface area contributed by atoms with E-state index in [0.29, 0.717) is 18.8 Å². The maximum Gasteiger partial charge on any atom is 0.0556 e. The Labute approximate surface area is 110 Å². The topological polar surface area (TPSA) is 84.3 Å². The van der Waals surface area contributed by atoms with Crippen molar-refractivity contribution in [2.45, 2.75) is 6.54 Å². The summed E-state index contributed by atoms with van der Waals surface area (Å²) in [6, 6.07) is 5.52. The van der Waals surface area contributed by atoms with Gasteiger partial charge in [0, 0.05) is 30.0 Å². The van der Waals surface area contributed by atoms with Gasteiger partial charge >= 0.3 is 0 Å². The minimum atomic E-state index is 0.139. The number of aliphatic hydroxyl groups is 1. The molecule has 2 aromatic rings. The second-order valence-electron chi connectivity index (χ2n) is 4.06. The fourth-order valence-corrected chi connectivity index (χ4v) is 2.66. The van der Waals surface area contributed by atoms with Gasteiger partial charge in [0.25, 0.3) is 0 Å². The minimum absolute atomic E-state index is 0.139. The zero-order valence-electron chi connectivity index (χ0n) is 10.0. The third-order valence-corrected chi connectivity index (χ3v) is 3.51. The third kappa shape index (κ3) is 2.81. The number of hydrogen-bond acceptors (Lipinski definition) is 5. The molecule has 96 valence electrons. The fraction of sp³-hybridized carbons (Fsp3) is 0.231. The van der Waals surface area contributed by atoms with E-state index in [1.807, 2.05) is 12.1 Å². The maximum absolute atomic E-state index is 8.77. The summed E-state index contributed by atoms with van der Waals surface area (Å²) in [5.41, 5.74) is 16.5. The lowest BCUT2D eigenvalue weighted by atomic mass is 10.0. The van der Waals surface area contributed by atoms with Crippen molar-refractivity contribution in [3.63, 3.8) is 0 Å². The molecule has 0 amide bonds. The highest BCUT2D eigenvalue weighted by Crippen LogP contribution is 2.33. The van der Waals surface area contributed by atoms with Crippen molar-refractivity contribution in [2.24, 2.45) is 0 Å². The Balaban J connectivity index is 2.27. The molecular weight excluding hydrogens is 246 g/mol. The first-order valence-electron chi connectivity index (χ1n) is 5.74. The molecule has 0 unspecified atom stereocenters. The van der Waals surface area contributed by atoms with Crippen LogP contribution in [-0.2, 0) is 6.54 Å². The Bertz CT molecular complexity index is 525. The largest absolute Gasteiger partial charge is 0.399 e. The smallest absolute Gasteiger partial charge is 0.0556 e. The number of thiophene rings is 1. The molecule has 18 heavy (non-hydrogen) atoms. The number of hydrogen-bond donors (Lipinski definition) is 4. The van der Waals surface area contributed by atoms with Crippen molar-refractivity contribution < 1.29 is 5.11 Å². The zero-order chi connectivity index (χ0) is 13.0. The van der Waals surface area contributed by atoms with Crippen LogP contribution in [-0.4, -0.2) is 18.3 Å². The predicted octanol–water partition coefficient (Wildman–Crippen LogP) is 1.66. The first-order valence-corrected chi connectivity index (χ1v) is 6.68. The number of anilines is 2. The first-order chi connectivity index (χ1) is 8.72. The van der Waals surface area contributed by atoms with Crippen LogP contribution in [0.2, 0.25) is 0 Å². The molecule has 1 aromatic carbocycles. The van der Waals surface area contributed by atoms with E-state index in [1.54, 1.807) is 17.4 Å². The van der Waals surface area contributed by atoms with E-state index < -0.39 is 0 Å². The van der Waals surface area contributed by atoms with Gasteiger partial charge in [0.15, 0.2) is 0 Å². The van der Waals surface area contributed by atoms with Gasteiger partial charge in [-0.25, -0.2) is 0 Å². The van der Waals surface area contributed by atoms with Crippen molar-refractivity contribution in [1.29, 1.82) is 0 Å². The number of rotatable bonds is 5. The van der Waals surface area contributed by atoms with Gasteiger partial charge in [-0.2, -0.15) is 11.3 Å². The summed E-state index contributed by atoms with van der Waals surface area (Å²) in [6.07, 6.45) is 0. The molecule has 0 radical (unpaired) electrons. The lowest BCUT2D eigenvalue weighted by Crippen LogP contribution is -2.17. The van der Waals surface area contributed by atoms with Crippen molar-refractivity contribution in [3.8, 4) is 11.1 Å². The number of nitrogen functional groups attached to an aromatic ring is 2. The molecule has 0 bridgehead atoms. The van der Waals surface area contributed by atoms with E-state index in [9.17, 15) is 0 Å². The van der Waals surface area contributed by atoms with Gasteiger partial charge in [0.2, 0.25) is 0 Å². The van der Waals surface area contributed by atoms with E-state index in [4.69, 9.17) is 16.6 Å². The minimum Gasteiger partial charge on any atom is -0.399 e. The highest BCUT2D eigenvalue weighted by molar-refractivity contribution is 7.08. The van der Waals surface area contributed by atoms with Gasteiger partial charge in [-0.15, -0.1) is 0 Å². The van der Waals surface area contributed by atoms with Crippen LogP contribution in [0.15, 0.2) is 29.0 Å². The van der Waals surface area contributed by atoms with Crippen LogP contribution in [0.4, 0.5) is 11.4 Å². The normalized spacial score (nSPS) is 10.7. The molecule has 2 rings (SSSR count). The molecule has 0 fully saturated rings. The molecule has 1 aromatic heterocycles. The molecule has 0 saturated heterocycles. The molecule has 0 aliphatic heterocycles. The highest BCUT2D eigenvalue weighted by Gasteiger charge is 2.09. The van der Waals surface area contributed by atoms with Crippen LogP contribution < -0.4 is 16.8 Å². The average molecular weight is 263 g/mol. The van der Waals surface area contributed by atoms with Crippen LogP contribution in [0.25, 0.3) is 11.1 Å². The van der Waals surface area contributed by atoms with Crippen molar-refractivity contribution in [2.75, 3.05) is 24.6 Å². The first kappa shape index (κ1) is 12.9. The quantitative estimate of drug-likeness (QED) is 0.488. The van der Waals surface area contributed by atoms with E-state index in [2.05, 4.69) is 16.1 Å². The van der Waals surface area contributed by atoms with Crippen LogP contribution in [0.5, 0.6) is 0 Å². The van der Waals surface area contributed by atoms with Crippen LogP contribution in [0, 0.1) is 0 Å². The van der Waals surface area contributed by atoms with Gasteiger partial charge in [-0.05, 0) is 40.1 Å². The van der Waals surface area contributed by atoms with Crippen molar-refractivity contribution in [1.82, 2.24) is 5.32 Å². The maximum atomic E-state index is 8.77. The molecule has 0 spiro atoms. The van der Waals surface area contributed by atoms with Gasteiger partial charge in [-0.3, -0.25) is 0 Å². The zero-order valence-corrected chi connectivity index (χ0v) is 10.8. The summed E-state index contributed by atoms with van der Waals surface area (Å²) < 4.78 is 0. The summed E-state index contributed by atoms with van der Waals surface area (Å²) in [4.78, 5) is 0. The summed E-state index contributed by atoms with van der Waals surface area (Å²) in [7, 11) is 0. The molecule has 0 aliphatic rings. The Morgan fingerprint density at radius 2 is 2.00 bits per heavy atom. The Morgan fingerprint density at radius 3 is 2.78 bits per heavy atom. The van der Waals surface area contributed by atoms with E-state index in [0.717, 1.165) is 16.8 Å². The molecule has 0 atom stereocenters. The lowest BCUT2D eigenvalue weighted by molar-refractivity contribution is 0.292. The molecule has 1 heterocycles. The van der Waals surface area contributed by atoms with Gasteiger partial charge in [0.1, 0.15) is 0 Å². The summed E-state index contributed by atoms with van der Waals surface area (Å²) in [5, 5.41) is 16.1. The highest BCUT2D eigenvalue weighted by atomic mass is 32.1. The Kier molecular flexibility index (Phi) is 4.19. The number of nitrogens with two attached hydrogens (primary N) is 2. The van der Waals surface area contributed by atoms with Gasteiger partial charge in [-0.1, -0.05) is 0 Å². The Hall–Kier alpha value is -1.56. The number of benzene rings is 1. The van der Waals surface area contributed by atoms with Crippen LogP contribution >= 0.6 is 11.3 Å². The van der Waals surface area contributed by atoms with E-state index >= 15 is 0 Å². The van der Waals surface area contributed by atoms with Gasteiger partial charge < -0.3 is 21.9 Å². The lowest BCUT2D eigenvalue weighted by Gasteiger charge is -2.09. The average Bonchev–Trinajstić information content (AvgIpc) is 2.81. The second-order valence-corrected chi connectivity index (χ2v) is 4.80. The van der Waals surface area contributed by atoms with Gasteiger partial charge in [0.05, 0.1) is 6.61 Å². The molecular formula is C13H17N3OS. The standard InChI is InChI=1S/C13H17N3OS/c14-10-1-2-13(15)11(5-10)12-8-18-7-9(12)6-16-3-4-17/h1-2,5,7-8,16-17H,3-4,6,14-15H2. The van der Waals surface area contributed by atoms with Crippen molar-refractivity contribution in [3.05, 3.63) is 34.5 Å². The number of nitrogens with one attached hydrogen (secondary N) is 1. The van der Waals surface area contributed by atoms with E-state index in [-0.39, 0.29) is 6.61 Å². The van der Waals surface area contributed by atoms with E-state index in [1.165, 1.54) is 5.56 Å². The van der Waals surface area contributed by atoms with Crippen LogP contribution in [0.1, 0.15) is 5.56 Å². The SMILES string of the molecule is Nc1ccc(N)c(-c2cscc2CNCCO)c1. The summed E-state index contributed by atoms with van der Waals surface area (Å²) in [6.45, 7) is 1.44. The fourth-order valence-electron chi connectivity index (χ4n) is 1.81. The predicted molar refractivity (Wildman–Crippen MR) is 77.4 cm³/mol. The summed E-state index contributed by atoms with van der Waals surface area (Å²) in [5.74, 6) is 0.